The van der Waals surface area contributed by atoms with Crippen molar-refractivity contribution < 1.29 is 0 Å². The Balaban J connectivity index is 0.931. The molecule has 2 nitrogen and oxygen atoms in total. The lowest BCUT2D eigenvalue weighted by molar-refractivity contribution is 0.633. The first-order valence-electron chi connectivity index (χ1n) is 24.4. The van der Waals surface area contributed by atoms with Crippen LogP contribution in [0.2, 0.25) is 0 Å². The van der Waals surface area contributed by atoms with Crippen molar-refractivity contribution in [1.29, 1.82) is 0 Å². The van der Waals surface area contributed by atoms with E-state index in [9.17, 15) is 0 Å². The predicted molar refractivity (Wildman–Crippen MR) is 289 cm³/mol. The van der Waals surface area contributed by atoms with Crippen LogP contribution in [0.4, 0.5) is 17.1 Å². The molecule has 0 fully saturated rings. The van der Waals surface area contributed by atoms with Crippen molar-refractivity contribution in [3.8, 4) is 39.1 Å². The van der Waals surface area contributed by atoms with E-state index in [1.54, 1.807) is 0 Å². The molecule has 0 unspecified atom stereocenters. The molecule has 0 bridgehead atoms. The first kappa shape index (κ1) is 39.1. The molecule has 0 radical (unpaired) electrons. The molecule has 326 valence electrons. The van der Waals surface area contributed by atoms with Gasteiger partial charge in [-0.05, 0) is 139 Å². The average molecular weight is 889 g/mol. The molecule has 11 aromatic carbocycles. The lowest BCUT2D eigenvalue weighted by Gasteiger charge is -2.49. The van der Waals surface area contributed by atoms with Gasteiger partial charge in [-0.2, -0.15) is 0 Å². The highest BCUT2D eigenvalue weighted by molar-refractivity contribution is 6.09. The summed E-state index contributed by atoms with van der Waals surface area (Å²) in [7, 11) is 0. The minimum absolute atomic E-state index is 0.511. The second-order valence-electron chi connectivity index (χ2n) is 19.1. The number of hydrogen-bond donors (Lipinski definition) is 0. The lowest BCUT2D eigenvalue weighted by atomic mass is 9.52. The molecule has 3 aliphatic carbocycles. The van der Waals surface area contributed by atoms with Crippen LogP contribution in [-0.2, 0) is 10.8 Å². The third kappa shape index (κ3) is 5.12. The maximum absolute atomic E-state index is 2.55. The van der Waals surface area contributed by atoms with E-state index < -0.39 is 10.8 Å². The number of nitrogens with zero attached hydrogens (tertiary/aromatic N) is 2. The second kappa shape index (κ2) is 14.8. The molecule has 1 heterocycles. The van der Waals surface area contributed by atoms with Crippen molar-refractivity contribution in [2.45, 2.75) is 10.8 Å². The molecule has 1 aromatic heterocycles. The van der Waals surface area contributed by atoms with Crippen LogP contribution in [0.25, 0.3) is 60.9 Å². The van der Waals surface area contributed by atoms with Gasteiger partial charge < -0.3 is 9.47 Å². The van der Waals surface area contributed by atoms with Crippen molar-refractivity contribution in [1.82, 2.24) is 4.57 Å². The zero-order valence-electron chi connectivity index (χ0n) is 38.3. The molecule has 3 aliphatic rings. The van der Waals surface area contributed by atoms with Crippen LogP contribution in [0.5, 0.6) is 0 Å². The molecular formula is C68H44N2. The van der Waals surface area contributed by atoms with E-state index in [2.05, 4.69) is 276 Å². The van der Waals surface area contributed by atoms with Gasteiger partial charge in [-0.3, -0.25) is 0 Å². The number of rotatable bonds is 5. The number of para-hydroxylation sites is 3. The normalized spacial score (nSPS) is 13.9. The van der Waals surface area contributed by atoms with Crippen molar-refractivity contribution in [2.24, 2.45) is 0 Å². The highest BCUT2D eigenvalue weighted by atomic mass is 15.1. The molecule has 0 N–H and O–H groups in total. The van der Waals surface area contributed by atoms with Crippen LogP contribution in [0, 0.1) is 0 Å². The van der Waals surface area contributed by atoms with Crippen molar-refractivity contribution in [3.05, 3.63) is 311 Å². The van der Waals surface area contributed by atoms with Gasteiger partial charge in [-0.15, -0.1) is 0 Å². The van der Waals surface area contributed by atoms with Crippen molar-refractivity contribution in [2.75, 3.05) is 4.90 Å². The summed E-state index contributed by atoms with van der Waals surface area (Å²) in [4.78, 5) is 2.38. The second-order valence-corrected chi connectivity index (χ2v) is 19.1. The molecule has 2 heteroatoms. The van der Waals surface area contributed by atoms with E-state index >= 15 is 0 Å². The van der Waals surface area contributed by atoms with Crippen LogP contribution in [-0.4, -0.2) is 4.57 Å². The number of hydrogen-bond acceptors (Lipinski definition) is 1. The zero-order valence-corrected chi connectivity index (χ0v) is 38.3. The smallest absolute Gasteiger partial charge is 0.0720 e. The van der Waals surface area contributed by atoms with Gasteiger partial charge in [-0.1, -0.05) is 206 Å². The van der Waals surface area contributed by atoms with E-state index in [0.29, 0.717) is 0 Å². The minimum atomic E-state index is -0.543. The highest BCUT2D eigenvalue weighted by Gasteiger charge is 2.58. The molecule has 0 saturated carbocycles. The average Bonchev–Trinajstić information content (AvgIpc) is 4.04. The van der Waals surface area contributed by atoms with Crippen LogP contribution in [0.3, 0.4) is 0 Å². The zero-order chi connectivity index (χ0) is 46.0. The highest BCUT2D eigenvalue weighted by Crippen LogP contribution is 2.67. The van der Waals surface area contributed by atoms with E-state index in [4.69, 9.17) is 0 Å². The van der Waals surface area contributed by atoms with Gasteiger partial charge in [0.25, 0.3) is 0 Å². The molecule has 15 rings (SSSR count). The van der Waals surface area contributed by atoms with Gasteiger partial charge in [0.15, 0.2) is 0 Å². The summed E-state index contributed by atoms with van der Waals surface area (Å²) >= 11 is 0. The Labute approximate surface area is 407 Å². The number of benzene rings is 11. The fraction of sp³-hybridized carbons (Fsp3) is 0.0294. The summed E-state index contributed by atoms with van der Waals surface area (Å²) < 4.78 is 2.40. The Morgan fingerprint density at radius 1 is 0.257 bits per heavy atom. The van der Waals surface area contributed by atoms with Gasteiger partial charge in [0.1, 0.15) is 0 Å². The Hall–Kier alpha value is -8.98. The number of anilines is 3. The monoisotopic (exact) mass is 888 g/mol. The third-order valence-corrected chi connectivity index (χ3v) is 15.9. The van der Waals surface area contributed by atoms with E-state index in [0.717, 1.165) is 22.7 Å². The summed E-state index contributed by atoms with van der Waals surface area (Å²) in [6, 6.07) is 99.8. The molecule has 0 atom stereocenters. The maximum atomic E-state index is 2.55. The Bertz CT molecular complexity index is 3940. The fourth-order valence-corrected chi connectivity index (χ4v) is 13.2. The molecule has 12 aromatic rings. The maximum Gasteiger partial charge on any atom is 0.0720 e. The van der Waals surface area contributed by atoms with Gasteiger partial charge in [0.05, 0.1) is 21.9 Å². The largest absolute Gasteiger partial charge is 0.310 e. The van der Waals surface area contributed by atoms with Gasteiger partial charge in [0.2, 0.25) is 0 Å². The molecule has 0 aliphatic heterocycles. The standard InChI is InChI=1S/C68H44N2/c1-2-19-47(20-3-1)69(49-21-18-22-50(44-49)70-65-35-16-8-27-55(65)56-28-9-17-36-66(56)70)48-40-37-45(38-41-48)46-39-42-63-64(43-46)68(59-31-12-6-25-53(59)54-26-7-13-32-60(54)68)62-34-15-14-33-61(62)67(63)57-29-10-4-23-51(57)52-24-5-11-30-58(52)67/h1-44H. The van der Waals surface area contributed by atoms with Crippen molar-refractivity contribution >= 4 is 38.9 Å². The van der Waals surface area contributed by atoms with Crippen molar-refractivity contribution in [3.63, 3.8) is 0 Å². The molecule has 70 heavy (non-hydrogen) atoms. The van der Waals surface area contributed by atoms with Crippen LogP contribution in [0.15, 0.2) is 267 Å². The van der Waals surface area contributed by atoms with E-state index in [1.807, 2.05) is 0 Å². The van der Waals surface area contributed by atoms with Crippen LogP contribution < -0.4 is 4.90 Å². The first-order valence-corrected chi connectivity index (χ1v) is 24.4. The summed E-state index contributed by atoms with van der Waals surface area (Å²) in [6.45, 7) is 0. The Kier molecular flexibility index (Phi) is 8.24. The van der Waals surface area contributed by atoms with E-state index in [-0.39, 0.29) is 0 Å². The number of aromatic nitrogens is 1. The SMILES string of the molecule is c1ccc(N(c2ccc(-c3ccc4c(c3)C3(c5ccccc5-c5ccccc53)c3ccccc3C43c4ccccc4-c4ccccc43)cc2)c2cccc(-n3c4ccccc4c4ccccc43)c2)cc1. The minimum Gasteiger partial charge on any atom is -0.310 e. The van der Waals surface area contributed by atoms with E-state index in [1.165, 1.54) is 99.7 Å². The Morgan fingerprint density at radius 2 is 0.657 bits per heavy atom. The molecule has 0 amide bonds. The van der Waals surface area contributed by atoms with Crippen LogP contribution >= 0.6 is 0 Å². The lowest BCUT2D eigenvalue weighted by Crippen LogP contribution is -2.43. The quantitative estimate of drug-likeness (QED) is 0.167. The van der Waals surface area contributed by atoms with Gasteiger partial charge >= 0.3 is 0 Å². The molecular weight excluding hydrogens is 845 g/mol. The van der Waals surface area contributed by atoms with Crippen LogP contribution in [0.1, 0.15) is 44.5 Å². The summed E-state index contributed by atoms with van der Waals surface area (Å²) in [5.41, 5.74) is 24.1. The topological polar surface area (TPSA) is 8.17 Å². The summed E-state index contributed by atoms with van der Waals surface area (Å²) in [5, 5.41) is 2.51. The van der Waals surface area contributed by atoms with Gasteiger partial charge in [0, 0.05) is 33.5 Å². The molecule has 2 spiro atoms. The Morgan fingerprint density at radius 3 is 1.20 bits per heavy atom. The fourth-order valence-electron chi connectivity index (χ4n) is 13.2. The first-order chi connectivity index (χ1) is 34.7. The predicted octanol–water partition coefficient (Wildman–Crippen LogP) is 17.0. The summed E-state index contributed by atoms with van der Waals surface area (Å²) in [6.07, 6.45) is 0. The summed E-state index contributed by atoms with van der Waals surface area (Å²) in [5.74, 6) is 0. The van der Waals surface area contributed by atoms with Gasteiger partial charge in [-0.25, -0.2) is 0 Å². The third-order valence-electron chi connectivity index (χ3n) is 15.9. The molecule has 0 saturated heterocycles. The number of fused-ring (bicyclic) bond motifs is 19.